The molecule has 16 heavy (non-hydrogen) atoms. The van der Waals surface area contributed by atoms with E-state index in [0.29, 0.717) is 5.25 Å². The summed E-state index contributed by atoms with van der Waals surface area (Å²) in [7, 11) is 1.88. The number of hydrogen-bond acceptors (Lipinski definition) is 5. The van der Waals surface area contributed by atoms with E-state index in [0.717, 1.165) is 29.3 Å². The number of nitrogens with zero attached hydrogens (tertiary/aromatic N) is 2. The van der Waals surface area contributed by atoms with Crippen molar-refractivity contribution < 1.29 is 0 Å². The Morgan fingerprint density at radius 2 is 2.56 bits per heavy atom. The Kier molecular flexibility index (Phi) is 3.53. The number of thiazole rings is 1. The van der Waals surface area contributed by atoms with Crippen LogP contribution in [0.25, 0.3) is 0 Å². The van der Waals surface area contributed by atoms with Gasteiger partial charge in [-0.05, 0) is 33.2 Å². The van der Waals surface area contributed by atoms with E-state index in [1.165, 1.54) is 0 Å². The summed E-state index contributed by atoms with van der Waals surface area (Å²) in [6.45, 7) is 2.02. The summed E-state index contributed by atoms with van der Waals surface area (Å²) in [5, 5.41) is 14.9. The van der Waals surface area contributed by atoms with E-state index in [2.05, 4.69) is 21.8 Å². The molecule has 2 unspecified atom stereocenters. The molecule has 1 aromatic heterocycles. The molecule has 1 aliphatic rings. The van der Waals surface area contributed by atoms with Crippen molar-refractivity contribution in [1.29, 1.82) is 5.26 Å². The molecule has 1 N–H and O–H groups in total. The fourth-order valence-corrected chi connectivity index (χ4v) is 4.40. The summed E-state index contributed by atoms with van der Waals surface area (Å²) >= 11 is 3.52. The van der Waals surface area contributed by atoms with Gasteiger partial charge in [-0.25, -0.2) is 4.98 Å². The maximum absolute atomic E-state index is 9.17. The lowest BCUT2D eigenvalue weighted by atomic mass is 10.0. The number of thioether (sulfide) groups is 1. The molecule has 1 aliphatic carbocycles. The largest absolute Gasteiger partial charge is 0.302 e. The van der Waals surface area contributed by atoms with Gasteiger partial charge in [-0.1, -0.05) is 11.8 Å². The Labute approximate surface area is 104 Å². The molecule has 0 aromatic carbocycles. The lowest BCUT2D eigenvalue weighted by molar-refractivity contribution is 0.464. The number of nitrogens with one attached hydrogen (secondary N) is 1. The van der Waals surface area contributed by atoms with E-state index in [4.69, 9.17) is 5.26 Å². The first-order valence-electron chi connectivity index (χ1n) is 5.36. The van der Waals surface area contributed by atoms with Crippen LogP contribution in [0.2, 0.25) is 0 Å². The first-order valence-corrected chi connectivity index (χ1v) is 7.12. The van der Waals surface area contributed by atoms with Crippen molar-refractivity contribution in [3.63, 3.8) is 0 Å². The van der Waals surface area contributed by atoms with Gasteiger partial charge in [0.15, 0.2) is 0 Å². The second kappa shape index (κ2) is 4.74. The zero-order valence-corrected chi connectivity index (χ0v) is 11.1. The SMILES string of the molecule is CNC1(C#N)CCC(Sc2nc(C)cs2)C1. The second-order valence-electron chi connectivity index (χ2n) is 4.18. The Bertz CT molecular complexity index is 410. The van der Waals surface area contributed by atoms with Gasteiger partial charge in [0, 0.05) is 16.3 Å². The van der Waals surface area contributed by atoms with Gasteiger partial charge in [0.25, 0.3) is 0 Å². The molecule has 2 atom stereocenters. The molecule has 1 heterocycles. The van der Waals surface area contributed by atoms with Crippen molar-refractivity contribution in [2.75, 3.05) is 7.05 Å². The van der Waals surface area contributed by atoms with Crippen LogP contribution in [0, 0.1) is 18.3 Å². The molecule has 5 heteroatoms. The van der Waals surface area contributed by atoms with Gasteiger partial charge in [0.05, 0.1) is 6.07 Å². The molecule has 0 aliphatic heterocycles. The number of nitriles is 1. The van der Waals surface area contributed by atoms with Crippen molar-refractivity contribution in [3.8, 4) is 6.07 Å². The molecule has 0 spiro atoms. The third-order valence-corrected chi connectivity index (χ3v) is 5.39. The van der Waals surface area contributed by atoms with Crippen LogP contribution < -0.4 is 5.32 Å². The zero-order chi connectivity index (χ0) is 11.6. The Hall–Kier alpha value is -0.570. The van der Waals surface area contributed by atoms with Crippen LogP contribution >= 0.6 is 23.1 Å². The highest BCUT2D eigenvalue weighted by Crippen LogP contribution is 2.40. The van der Waals surface area contributed by atoms with E-state index in [9.17, 15) is 0 Å². The maximum Gasteiger partial charge on any atom is 0.150 e. The summed E-state index contributed by atoms with van der Waals surface area (Å²) in [6.07, 6.45) is 2.96. The topological polar surface area (TPSA) is 48.7 Å². The smallest absolute Gasteiger partial charge is 0.150 e. The molecular weight excluding hydrogens is 238 g/mol. The molecule has 1 saturated carbocycles. The van der Waals surface area contributed by atoms with Gasteiger partial charge in [-0.2, -0.15) is 5.26 Å². The molecule has 0 bridgehead atoms. The van der Waals surface area contributed by atoms with Gasteiger partial charge in [-0.3, -0.25) is 0 Å². The van der Waals surface area contributed by atoms with Crippen LogP contribution in [0.15, 0.2) is 9.72 Å². The monoisotopic (exact) mass is 253 g/mol. The van der Waals surface area contributed by atoms with Gasteiger partial charge >= 0.3 is 0 Å². The minimum Gasteiger partial charge on any atom is -0.302 e. The van der Waals surface area contributed by atoms with Crippen LogP contribution in [-0.2, 0) is 0 Å². The third-order valence-electron chi connectivity index (χ3n) is 3.03. The van der Waals surface area contributed by atoms with Crippen molar-refractivity contribution in [2.45, 2.75) is 41.3 Å². The number of hydrogen-bond donors (Lipinski definition) is 1. The van der Waals surface area contributed by atoms with E-state index in [-0.39, 0.29) is 5.54 Å². The van der Waals surface area contributed by atoms with E-state index in [1.54, 1.807) is 11.3 Å². The molecule has 2 rings (SSSR count). The molecule has 0 radical (unpaired) electrons. The van der Waals surface area contributed by atoms with E-state index >= 15 is 0 Å². The van der Waals surface area contributed by atoms with E-state index < -0.39 is 0 Å². The lowest BCUT2D eigenvalue weighted by Crippen LogP contribution is -2.38. The highest BCUT2D eigenvalue weighted by atomic mass is 32.2. The van der Waals surface area contributed by atoms with Crippen molar-refractivity contribution in [3.05, 3.63) is 11.1 Å². The van der Waals surface area contributed by atoms with Gasteiger partial charge in [-0.15, -0.1) is 11.3 Å². The quantitative estimate of drug-likeness (QED) is 0.899. The molecule has 0 amide bonds. The molecular formula is C11H15N3S2. The lowest BCUT2D eigenvalue weighted by Gasteiger charge is -2.19. The predicted molar refractivity (Wildman–Crippen MR) is 67.8 cm³/mol. The standard InChI is InChI=1S/C11H15N3S2/c1-8-6-15-10(14-8)16-9-3-4-11(5-9,7-12)13-2/h6,9,13H,3-5H2,1-2H3. The Morgan fingerprint density at radius 1 is 1.75 bits per heavy atom. The summed E-state index contributed by atoms with van der Waals surface area (Å²) in [5.41, 5.74) is 0.787. The highest BCUT2D eigenvalue weighted by Gasteiger charge is 2.38. The van der Waals surface area contributed by atoms with Crippen LogP contribution in [0.1, 0.15) is 25.0 Å². The van der Waals surface area contributed by atoms with Crippen LogP contribution in [-0.4, -0.2) is 22.8 Å². The van der Waals surface area contributed by atoms with Crippen LogP contribution in [0.3, 0.4) is 0 Å². The van der Waals surface area contributed by atoms with Crippen molar-refractivity contribution in [2.24, 2.45) is 0 Å². The molecule has 1 aromatic rings. The van der Waals surface area contributed by atoms with Gasteiger partial charge < -0.3 is 5.32 Å². The summed E-state index contributed by atoms with van der Waals surface area (Å²) in [5.74, 6) is 0. The minimum atomic E-state index is -0.302. The first-order chi connectivity index (χ1) is 7.67. The Morgan fingerprint density at radius 3 is 3.06 bits per heavy atom. The fourth-order valence-electron chi connectivity index (χ4n) is 2.01. The highest BCUT2D eigenvalue weighted by molar-refractivity contribution is 8.01. The van der Waals surface area contributed by atoms with Crippen molar-refractivity contribution >= 4 is 23.1 Å². The molecule has 0 saturated heterocycles. The number of aryl methyl sites for hydroxylation is 1. The summed E-state index contributed by atoms with van der Waals surface area (Å²) < 4.78 is 1.13. The van der Waals surface area contributed by atoms with Gasteiger partial charge in [0.2, 0.25) is 0 Å². The van der Waals surface area contributed by atoms with Crippen LogP contribution in [0.5, 0.6) is 0 Å². The average Bonchev–Trinajstić information content (AvgIpc) is 2.87. The van der Waals surface area contributed by atoms with Crippen molar-refractivity contribution in [1.82, 2.24) is 10.3 Å². The first kappa shape index (κ1) is 11.9. The third kappa shape index (κ3) is 2.40. The molecule has 1 fully saturated rings. The average molecular weight is 253 g/mol. The fraction of sp³-hybridized carbons (Fsp3) is 0.636. The maximum atomic E-state index is 9.17. The predicted octanol–water partition coefficient (Wildman–Crippen LogP) is 2.58. The number of rotatable bonds is 3. The normalized spacial score (nSPS) is 29.2. The molecule has 3 nitrogen and oxygen atoms in total. The second-order valence-corrected chi connectivity index (χ2v) is 6.59. The van der Waals surface area contributed by atoms with Gasteiger partial charge in [0.1, 0.15) is 9.88 Å². The van der Waals surface area contributed by atoms with Crippen LogP contribution in [0.4, 0.5) is 0 Å². The van der Waals surface area contributed by atoms with E-state index in [1.807, 2.05) is 25.7 Å². The Balaban J connectivity index is 1.97. The number of aromatic nitrogens is 1. The molecule has 86 valence electrons. The zero-order valence-electron chi connectivity index (χ0n) is 9.49. The summed E-state index contributed by atoms with van der Waals surface area (Å²) in [6, 6.07) is 2.41. The summed E-state index contributed by atoms with van der Waals surface area (Å²) in [4.78, 5) is 4.45. The minimum absolute atomic E-state index is 0.302.